The highest BCUT2D eigenvalue weighted by atomic mass is 32.1. The quantitative estimate of drug-likeness (QED) is 0.520. The Labute approximate surface area is 199 Å². The van der Waals surface area contributed by atoms with Gasteiger partial charge >= 0.3 is 0 Å². The average molecular weight is 472 g/mol. The Morgan fingerprint density at radius 2 is 2.03 bits per heavy atom. The molecule has 1 aliphatic rings. The SMILES string of the molecule is Cc1nc(C)c(C(=O)C2=C(O)C(=O)N(CCN(C)C)C2c2cccc(OCCC(C)C)c2)s1. The number of benzene rings is 1. The lowest BCUT2D eigenvalue weighted by atomic mass is 9.95. The van der Waals surface area contributed by atoms with Crippen molar-refractivity contribution >= 4 is 23.0 Å². The molecule has 3 rings (SSSR count). The number of ketones is 1. The summed E-state index contributed by atoms with van der Waals surface area (Å²) in [6, 6.07) is 6.76. The van der Waals surface area contributed by atoms with Crippen molar-refractivity contribution in [2.24, 2.45) is 5.92 Å². The van der Waals surface area contributed by atoms with E-state index in [1.54, 1.807) is 11.8 Å². The van der Waals surface area contributed by atoms with Gasteiger partial charge < -0.3 is 19.6 Å². The van der Waals surface area contributed by atoms with Gasteiger partial charge in [-0.1, -0.05) is 26.0 Å². The molecule has 0 bridgehead atoms. The predicted octanol–water partition coefficient (Wildman–Crippen LogP) is 4.32. The zero-order valence-electron chi connectivity index (χ0n) is 20.2. The highest BCUT2D eigenvalue weighted by molar-refractivity contribution is 7.14. The monoisotopic (exact) mass is 471 g/mol. The van der Waals surface area contributed by atoms with Gasteiger partial charge in [-0.05, 0) is 58.0 Å². The Hall–Kier alpha value is -2.71. The second-order valence-electron chi connectivity index (χ2n) is 9.05. The van der Waals surface area contributed by atoms with Crippen molar-refractivity contribution in [3.63, 3.8) is 0 Å². The van der Waals surface area contributed by atoms with Crippen molar-refractivity contribution in [2.75, 3.05) is 33.8 Å². The van der Waals surface area contributed by atoms with Crippen LogP contribution in [0.2, 0.25) is 0 Å². The number of aromatic nitrogens is 1. The highest BCUT2D eigenvalue weighted by Gasteiger charge is 2.44. The van der Waals surface area contributed by atoms with E-state index in [9.17, 15) is 14.7 Å². The van der Waals surface area contributed by atoms with Crippen LogP contribution in [0.15, 0.2) is 35.6 Å². The third-order valence-electron chi connectivity index (χ3n) is 5.58. The fourth-order valence-corrected chi connectivity index (χ4v) is 4.70. The zero-order valence-corrected chi connectivity index (χ0v) is 21.0. The lowest BCUT2D eigenvalue weighted by molar-refractivity contribution is -0.129. The van der Waals surface area contributed by atoms with E-state index < -0.39 is 17.7 Å². The summed E-state index contributed by atoms with van der Waals surface area (Å²) in [5, 5.41) is 11.6. The smallest absolute Gasteiger partial charge is 0.290 e. The minimum Gasteiger partial charge on any atom is -0.503 e. The highest BCUT2D eigenvalue weighted by Crippen LogP contribution is 2.40. The van der Waals surface area contributed by atoms with E-state index in [1.165, 1.54) is 11.3 Å². The van der Waals surface area contributed by atoms with E-state index in [0.29, 0.717) is 41.9 Å². The van der Waals surface area contributed by atoms with Crippen molar-refractivity contribution in [1.29, 1.82) is 0 Å². The van der Waals surface area contributed by atoms with Crippen molar-refractivity contribution in [1.82, 2.24) is 14.8 Å². The first-order chi connectivity index (χ1) is 15.6. The number of carbonyl (C=O) groups is 2. The molecule has 1 unspecified atom stereocenters. The van der Waals surface area contributed by atoms with Crippen LogP contribution >= 0.6 is 11.3 Å². The maximum atomic E-state index is 13.6. The molecule has 1 amide bonds. The summed E-state index contributed by atoms with van der Waals surface area (Å²) in [6.07, 6.45) is 0.926. The largest absolute Gasteiger partial charge is 0.503 e. The number of rotatable bonds is 10. The molecule has 2 aromatic rings. The standard InChI is InChI=1S/C25H33N3O4S/c1-15(2)10-13-32-19-9-7-8-18(14-19)21-20(22(29)24-16(3)26-17(4)33-24)23(30)25(31)28(21)12-11-27(5)6/h7-9,14-15,21,30H,10-13H2,1-6H3. The fourth-order valence-electron chi connectivity index (χ4n) is 3.82. The molecule has 1 aromatic heterocycles. The summed E-state index contributed by atoms with van der Waals surface area (Å²) in [4.78, 5) is 35.0. The molecule has 1 atom stereocenters. The van der Waals surface area contributed by atoms with Gasteiger partial charge in [0.2, 0.25) is 5.78 Å². The molecule has 0 saturated carbocycles. The molecular formula is C25H33N3O4S. The van der Waals surface area contributed by atoms with Crippen molar-refractivity contribution < 1.29 is 19.4 Å². The predicted molar refractivity (Wildman–Crippen MR) is 130 cm³/mol. The zero-order chi connectivity index (χ0) is 24.3. The number of ether oxygens (including phenoxy) is 1. The van der Waals surface area contributed by atoms with Crippen LogP contribution < -0.4 is 4.74 Å². The van der Waals surface area contributed by atoms with E-state index in [2.05, 4.69) is 18.8 Å². The van der Waals surface area contributed by atoms with Crippen LogP contribution in [0, 0.1) is 19.8 Å². The van der Waals surface area contributed by atoms with Crippen LogP contribution in [0.1, 0.15) is 52.2 Å². The first-order valence-corrected chi connectivity index (χ1v) is 12.0. The number of hydrogen-bond acceptors (Lipinski definition) is 7. The number of aryl methyl sites for hydroxylation is 2. The maximum absolute atomic E-state index is 13.6. The summed E-state index contributed by atoms with van der Waals surface area (Å²) in [5.74, 6) is -0.170. The second kappa shape index (κ2) is 10.5. The van der Waals surface area contributed by atoms with E-state index in [1.807, 2.05) is 50.2 Å². The Kier molecular flexibility index (Phi) is 7.92. The average Bonchev–Trinajstić information content (AvgIpc) is 3.21. The van der Waals surface area contributed by atoms with Crippen LogP contribution in [0.4, 0.5) is 0 Å². The number of carbonyl (C=O) groups excluding carboxylic acids is 2. The first kappa shape index (κ1) is 24.9. The molecule has 0 aliphatic carbocycles. The molecule has 0 fully saturated rings. The molecule has 0 spiro atoms. The van der Waals surface area contributed by atoms with E-state index in [-0.39, 0.29) is 11.4 Å². The second-order valence-corrected chi connectivity index (χ2v) is 10.2. The number of aliphatic hydroxyl groups excluding tert-OH is 1. The summed E-state index contributed by atoms with van der Waals surface area (Å²) in [7, 11) is 3.84. The van der Waals surface area contributed by atoms with Gasteiger partial charge in [-0.25, -0.2) is 4.98 Å². The summed E-state index contributed by atoms with van der Waals surface area (Å²) in [5.41, 5.74) is 1.44. The number of hydrogen-bond donors (Lipinski definition) is 1. The molecule has 1 aliphatic heterocycles. The number of Topliss-reactive ketones (excluding diaryl/α,β-unsaturated/α-hetero) is 1. The number of aliphatic hydroxyl groups is 1. The molecule has 2 heterocycles. The molecule has 1 N–H and O–H groups in total. The minimum absolute atomic E-state index is 0.102. The number of amides is 1. The van der Waals surface area contributed by atoms with Gasteiger partial charge in [0.1, 0.15) is 5.75 Å². The van der Waals surface area contributed by atoms with Crippen LogP contribution in [0.3, 0.4) is 0 Å². The molecule has 33 heavy (non-hydrogen) atoms. The number of thiazole rings is 1. The van der Waals surface area contributed by atoms with Crippen LogP contribution in [-0.2, 0) is 4.79 Å². The first-order valence-electron chi connectivity index (χ1n) is 11.2. The number of likely N-dealkylation sites (N-methyl/N-ethyl adjacent to an activating group) is 1. The fraction of sp³-hybridized carbons (Fsp3) is 0.480. The Balaban J connectivity index is 2.01. The van der Waals surface area contributed by atoms with Gasteiger partial charge in [0, 0.05) is 13.1 Å². The molecular weight excluding hydrogens is 438 g/mol. The van der Waals surface area contributed by atoms with Gasteiger partial charge in [0.15, 0.2) is 5.76 Å². The van der Waals surface area contributed by atoms with Crippen molar-refractivity contribution in [2.45, 2.75) is 40.2 Å². The molecule has 0 saturated heterocycles. The molecule has 0 radical (unpaired) electrons. The van der Waals surface area contributed by atoms with Crippen molar-refractivity contribution in [3.05, 3.63) is 56.7 Å². The third-order valence-corrected chi connectivity index (χ3v) is 6.66. The van der Waals surface area contributed by atoms with Crippen LogP contribution in [0.5, 0.6) is 5.75 Å². The van der Waals surface area contributed by atoms with E-state index >= 15 is 0 Å². The van der Waals surface area contributed by atoms with Crippen molar-refractivity contribution in [3.8, 4) is 5.75 Å². The number of nitrogens with zero attached hydrogens (tertiary/aromatic N) is 3. The maximum Gasteiger partial charge on any atom is 0.290 e. The summed E-state index contributed by atoms with van der Waals surface area (Å²) in [6.45, 7) is 9.44. The van der Waals surface area contributed by atoms with E-state index in [4.69, 9.17) is 4.74 Å². The Morgan fingerprint density at radius 1 is 1.30 bits per heavy atom. The van der Waals surface area contributed by atoms with Gasteiger partial charge in [-0.3, -0.25) is 9.59 Å². The summed E-state index contributed by atoms with van der Waals surface area (Å²) >= 11 is 1.28. The van der Waals surface area contributed by atoms with Crippen LogP contribution in [0.25, 0.3) is 0 Å². The van der Waals surface area contributed by atoms with E-state index in [0.717, 1.165) is 17.0 Å². The topological polar surface area (TPSA) is 83.0 Å². The normalized spacial score (nSPS) is 16.4. The lowest BCUT2D eigenvalue weighted by Crippen LogP contribution is -2.36. The molecule has 178 valence electrons. The van der Waals surface area contributed by atoms with Gasteiger partial charge in [-0.15, -0.1) is 11.3 Å². The van der Waals surface area contributed by atoms with Gasteiger partial charge in [0.25, 0.3) is 5.91 Å². The van der Waals surface area contributed by atoms with Gasteiger partial charge in [0.05, 0.1) is 33.8 Å². The molecule has 8 heteroatoms. The van der Waals surface area contributed by atoms with Crippen LogP contribution in [-0.4, -0.2) is 65.4 Å². The Morgan fingerprint density at radius 3 is 2.64 bits per heavy atom. The minimum atomic E-state index is -0.694. The summed E-state index contributed by atoms with van der Waals surface area (Å²) < 4.78 is 5.92. The van der Waals surface area contributed by atoms with Gasteiger partial charge in [-0.2, -0.15) is 0 Å². The third kappa shape index (κ3) is 5.62. The lowest BCUT2D eigenvalue weighted by Gasteiger charge is -2.28. The molecule has 1 aromatic carbocycles. The molecule has 7 nitrogen and oxygen atoms in total. The Bertz CT molecular complexity index is 1060.